The highest BCUT2D eigenvalue weighted by atomic mass is 35.5. The first-order valence-corrected chi connectivity index (χ1v) is 7.88. The summed E-state index contributed by atoms with van der Waals surface area (Å²) >= 11 is 0. The zero-order chi connectivity index (χ0) is 15.1. The van der Waals surface area contributed by atoms with Crippen molar-refractivity contribution in [2.45, 2.75) is 45.2 Å². The van der Waals surface area contributed by atoms with Gasteiger partial charge in [-0.2, -0.15) is 0 Å². The van der Waals surface area contributed by atoms with Crippen molar-refractivity contribution in [2.24, 2.45) is 5.92 Å². The van der Waals surface area contributed by atoms with Crippen LogP contribution in [0.2, 0.25) is 0 Å². The van der Waals surface area contributed by atoms with Crippen molar-refractivity contribution < 1.29 is 9.53 Å². The molecule has 2 rings (SSSR count). The van der Waals surface area contributed by atoms with Crippen molar-refractivity contribution >= 4 is 18.3 Å². The Morgan fingerprint density at radius 3 is 2.82 bits per heavy atom. The van der Waals surface area contributed by atoms with Gasteiger partial charge >= 0.3 is 0 Å². The van der Waals surface area contributed by atoms with E-state index in [4.69, 9.17) is 4.74 Å². The number of hydrogen-bond acceptors (Lipinski definition) is 3. The Morgan fingerprint density at radius 2 is 2.14 bits per heavy atom. The number of para-hydroxylation sites is 1. The number of ether oxygens (including phenoxy) is 1. The number of benzene rings is 1. The molecule has 1 aromatic carbocycles. The number of halogens is 1. The fraction of sp³-hybridized carbons (Fsp3) is 0.588. The summed E-state index contributed by atoms with van der Waals surface area (Å²) in [5.41, 5.74) is 0. The van der Waals surface area contributed by atoms with E-state index in [9.17, 15) is 4.79 Å². The Kier molecular flexibility index (Phi) is 8.28. The number of amides is 1. The fourth-order valence-corrected chi connectivity index (χ4v) is 2.57. The van der Waals surface area contributed by atoms with Crippen molar-refractivity contribution in [1.82, 2.24) is 10.6 Å². The first-order valence-electron chi connectivity index (χ1n) is 7.88. The topological polar surface area (TPSA) is 50.4 Å². The van der Waals surface area contributed by atoms with Crippen molar-refractivity contribution in [3.8, 4) is 5.75 Å². The van der Waals surface area contributed by atoms with Crippen LogP contribution in [0, 0.1) is 5.92 Å². The van der Waals surface area contributed by atoms with Gasteiger partial charge in [-0.05, 0) is 44.9 Å². The smallest absolute Gasteiger partial charge is 0.223 e. The quantitative estimate of drug-likeness (QED) is 0.845. The molecule has 22 heavy (non-hydrogen) atoms. The van der Waals surface area contributed by atoms with Crippen molar-refractivity contribution in [2.75, 3.05) is 13.2 Å². The minimum Gasteiger partial charge on any atom is -0.494 e. The molecule has 4 nitrogen and oxygen atoms in total. The van der Waals surface area contributed by atoms with Gasteiger partial charge in [-0.1, -0.05) is 25.1 Å². The minimum atomic E-state index is -0.0251. The van der Waals surface area contributed by atoms with Crippen LogP contribution in [0.1, 0.15) is 33.1 Å². The Morgan fingerprint density at radius 1 is 1.41 bits per heavy atom. The van der Waals surface area contributed by atoms with Crippen molar-refractivity contribution in [1.29, 1.82) is 0 Å². The van der Waals surface area contributed by atoms with E-state index in [1.54, 1.807) is 0 Å². The lowest BCUT2D eigenvalue weighted by atomic mass is 9.98. The molecule has 1 aliphatic heterocycles. The second-order valence-corrected chi connectivity index (χ2v) is 5.85. The summed E-state index contributed by atoms with van der Waals surface area (Å²) in [4.78, 5) is 12.2. The second-order valence-electron chi connectivity index (χ2n) is 5.85. The molecule has 124 valence electrons. The molecule has 0 aromatic heterocycles. The van der Waals surface area contributed by atoms with Gasteiger partial charge in [0.05, 0.1) is 6.61 Å². The first-order chi connectivity index (χ1) is 10.2. The van der Waals surface area contributed by atoms with Gasteiger partial charge in [-0.25, -0.2) is 0 Å². The molecule has 1 aliphatic rings. The summed E-state index contributed by atoms with van der Waals surface area (Å²) < 4.78 is 5.65. The number of hydrogen-bond donors (Lipinski definition) is 2. The molecule has 1 fully saturated rings. The lowest BCUT2D eigenvalue weighted by molar-refractivity contribution is -0.126. The predicted octanol–water partition coefficient (Wildman–Crippen LogP) is 2.77. The minimum absolute atomic E-state index is 0. The molecule has 1 aromatic rings. The van der Waals surface area contributed by atoms with E-state index in [0.29, 0.717) is 12.6 Å². The molecule has 0 bridgehead atoms. The van der Waals surface area contributed by atoms with Crippen molar-refractivity contribution in [3.05, 3.63) is 30.3 Å². The van der Waals surface area contributed by atoms with Crippen LogP contribution in [0.4, 0.5) is 0 Å². The average Bonchev–Trinajstić information content (AvgIpc) is 2.50. The second kappa shape index (κ2) is 9.70. The molecule has 3 atom stereocenters. The average molecular weight is 327 g/mol. The van der Waals surface area contributed by atoms with Crippen LogP contribution >= 0.6 is 12.4 Å². The van der Waals surface area contributed by atoms with E-state index in [2.05, 4.69) is 17.6 Å². The molecule has 0 radical (unpaired) electrons. The Hall–Kier alpha value is -1.26. The molecule has 5 heteroatoms. The van der Waals surface area contributed by atoms with E-state index < -0.39 is 0 Å². The molecular weight excluding hydrogens is 300 g/mol. The van der Waals surface area contributed by atoms with Gasteiger partial charge in [0.2, 0.25) is 5.91 Å². The Balaban J connectivity index is 0.00000242. The molecule has 1 heterocycles. The number of piperidine rings is 1. The summed E-state index contributed by atoms with van der Waals surface area (Å²) in [6, 6.07) is 10.3. The van der Waals surface area contributed by atoms with E-state index in [1.165, 1.54) is 0 Å². The molecule has 1 saturated heterocycles. The lowest BCUT2D eigenvalue weighted by Gasteiger charge is -2.31. The zero-order valence-corrected chi connectivity index (χ0v) is 14.2. The molecule has 0 aliphatic carbocycles. The number of carbonyl (C=O) groups is 1. The standard InChI is InChI=1S/C17H26N2O2.ClH/c1-13(10-12-21-15-7-4-3-5-8-15)17(20)19-16-9-6-11-18-14(16)2;/h3-5,7-8,13-14,16,18H,6,9-12H2,1-2H3,(H,19,20);1H. The predicted molar refractivity (Wildman–Crippen MR) is 91.6 cm³/mol. The molecule has 0 spiro atoms. The van der Waals surface area contributed by atoms with Gasteiger partial charge in [-0.3, -0.25) is 4.79 Å². The van der Waals surface area contributed by atoms with Gasteiger partial charge in [0, 0.05) is 18.0 Å². The summed E-state index contributed by atoms with van der Waals surface area (Å²) in [7, 11) is 0. The molecular formula is C17H27ClN2O2. The first kappa shape index (κ1) is 18.8. The lowest BCUT2D eigenvalue weighted by Crippen LogP contribution is -2.52. The van der Waals surface area contributed by atoms with Crippen LogP contribution in [0.25, 0.3) is 0 Å². The van der Waals surface area contributed by atoms with Crippen LogP contribution in [0.5, 0.6) is 5.75 Å². The SMILES string of the molecule is CC(CCOc1ccccc1)C(=O)NC1CCCNC1C.Cl. The normalized spacial score (nSPS) is 22.3. The van der Waals surface area contributed by atoms with Crippen LogP contribution in [-0.2, 0) is 4.79 Å². The van der Waals surface area contributed by atoms with Gasteiger partial charge in [0.1, 0.15) is 5.75 Å². The van der Waals surface area contributed by atoms with Crippen LogP contribution in [-0.4, -0.2) is 31.1 Å². The van der Waals surface area contributed by atoms with E-state index in [-0.39, 0.29) is 30.3 Å². The summed E-state index contributed by atoms with van der Waals surface area (Å²) in [6.45, 7) is 5.71. The van der Waals surface area contributed by atoms with Gasteiger partial charge in [0.15, 0.2) is 0 Å². The van der Waals surface area contributed by atoms with Crippen LogP contribution < -0.4 is 15.4 Å². The third-order valence-electron chi connectivity index (χ3n) is 4.10. The highest BCUT2D eigenvalue weighted by molar-refractivity contribution is 5.85. The fourth-order valence-electron chi connectivity index (χ4n) is 2.57. The zero-order valence-electron chi connectivity index (χ0n) is 13.4. The molecule has 3 unspecified atom stereocenters. The Labute approximate surface area is 139 Å². The van der Waals surface area contributed by atoms with Gasteiger partial charge < -0.3 is 15.4 Å². The van der Waals surface area contributed by atoms with Crippen LogP contribution in [0.15, 0.2) is 30.3 Å². The monoisotopic (exact) mass is 326 g/mol. The summed E-state index contributed by atoms with van der Waals surface area (Å²) in [6.07, 6.45) is 2.92. The van der Waals surface area contributed by atoms with Crippen molar-refractivity contribution in [3.63, 3.8) is 0 Å². The largest absolute Gasteiger partial charge is 0.494 e. The third kappa shape index (κ3) is 5.85. The highest BCUT2D eigenvalue weighted by Gasteiger charge is 2.24. The van der Waals surface area contributed by atoms with E-state index >= 15 is 0 Å². The van der Waals surface area contributed by atoms with Crippen LogP contribution in [0.3, 0.4) is 0 Å². The maximum atomic E-state index is 12.2. The van der Waals surface area contributed by atoms with Gasteiger partial charge in [0.25, 0.3) is 0 Å². The Bertz CT molecular complexity index is 442. The van der Waals surface area contributed by atoms with E-state index in [0.717, 1.165) is 31.6 Å². The van der Waals surface area contributed by atoms with E-state index in [1.807, 2.05) is 37.3 Å². The number of nitrogens with one attached hydrogen (secondary N) is 2. The number of rotatable bonds is 6. The highest BCUT2D eigenvalue weighted by Crippen LogP contribution is 2.12. The third-order valence-corrected chi connectivity index (χ3v) is 4.10. The molecule has 1 amide bonds. The summed E-state index contributed by atoms with van der Waals surface area (Å²) in [5.74, 6) is 0.963. The maximum Gasteiger partial charge on any atom is 0.223 e. The molecule has 2 N–H and O–H groups in total. The maximum absolute atomic E-state index is 12.2. The molecule has 0 saturated carbocycles. The number of carbonyl (C=O) groups excluding carboxylic acids is 1. The summed E-state index contributed by atoms with van der Waals surface area (Å²) in [5, 5.41) is 6.56. The van der Waals surface area contributed by atoms with Gasteiger partial charge in [-0.15, -0.1) is 12.4 Å².